The Morgan fingerprint density at radius 1 is 1.23 bits per heavy atom. The van der Waals surface area contributed by atoms with Crippen LogP contribution in [-0.4, -0.2) is 57.6 Å². The summed E-state index contributed by atoms with van der Waals surface area (Å²) in [4.78, 5) is 26.4. The predicted molar refractivity (Wildman–Crippen MR) is 100 cm³/mol. The van der Waals surface area contributed by atoms with Crippen LogP contribution in [0.15, 0.2) is 35.5 Å². The molecule has 0 bridgehead atoms. The smallest absolute Gasteiger partial charge is 0.319 e. The Morgan fingerprint density at radius 3 is 2.85 bits per heavy atom. The van der Waals surface area contributed by atoms with Crippen LogP contribution in [-0.2, 0) is 0 Å². The van der Waals surface area contributed by atoms with Crippen LogP contribution < -0.4 is 10.6 Å². The summed E-state index contributed by atoms with van der Waals surface area (Å²) >= 11 is 1.50. The summed E-state index contributed by atoms with van der Waals surface area (Å²) < 4.78 is 0. The van der Waals surface area contributed by atoms with Crippen molar-refractivity contribution in [1.82, 2.24) is 25.6 Å². The van der Waals surface area contributed by atoms with E-state index in [1.807, 2.05) is 4.90 Å². The van der Waals surface area contributed by atoms with Gasteiger partial charge in [0, 0.05) is 36.6 Å². The largest absolute Gasteiger partial charge is 0.339 e. The molecule has 1 aromatic heterocycles. The predicted octanol–water partition coefficient (Wildman–Crippen LogP) is 2.34. The molecule has 1 aliphatic rings. The first-order chi connectivity index (χ1) is 12.7. The van der Waals surface area contributed by atoms with Crippen LogP contribution in [0.25, 0.3) is 0 Å². The number of aromatic nitrogens is 3. The van der Waals surface area contributed by atoms with Crippen molar-refractivity contribution in [1.29, 1.82) is 0 Å². The molecule has 0 spiro atoms. The summed E-state index contributed by atoms with van der Waals surface area (Å²) in [5.74, 6) is 0.714. The van der Waals surface area contributed by atoms with E-state index in [1.54, 1.807) is 30.5 Å². The number of amides is 3. The minimum Gasteiger partial charge on any atom is -0.339 e. The van der Waals surface area contributed by atoms with Crippen LogP contribution in [0.1, 0.15) is 29.6 Å². The number of hydrogen-bond donors (Lipinski definition) is 3. The zero-order chi connectivity index (χ0) is 18.2. The molecular formula is C17H22N6O2S. The number of carbonyl (C=O) groups is 2. The maximum absolute atomic E-state index is 12.5. The highest BCUT2D eigenvalue weighted by Gasteiger charge is 2.18. The first-order valence-corrected chi connectivity index (χ1v) is 9.64. The number of hydrogen-bond acceptors (Lipinski definition) is 5. The molecule has 1 aliphatic heterocycles. The minimum absolute atomic E-state index is 0.0257. The van der Waals surface area contributed by atoms with E-state index >= 15 is 0 Å². The number of nitrogens with zero attached hydrogens (tertiary/aromatic N) is 3. The number of aromatic amines is 1. The summed E-state index contributed by atoms with van der Waals surface area (Å²) in [6.45, 7) is 2.11. The van der Waals surface area contributed by atoms with Crippen LogP contribution >= 0.6 is 11.8 Å². The zero-order valence-corrected chi connectivity index (χ0v) is 15.2. The maximum atomic E-state index is 12.5. The second-order valence-electron chi connectivity index (χ2n) is 5.97. The molecule has 9 heteroatoms. The summed E-state index contributed by atoms with van der Waals surface area (Å²) in [5.41, 5.74) is 1.21. The molecule has 1 aromatic carbocycles. The Labute approximate surface area is 156 Å². The molecular weight excluding hydrogens is 352 g/mol. The molecule has 2 heterocycles. The fourth-order valence-corrected chi connectivity index (χ4v) is 3.41. The van der Waals surface area contributed by atoms with Gasteiger partial charge in [-0.3, -0.25) is 4.79 Å². The van der Waals surface area contributed by atoms with Crippen LogP contribution in [0.3, 0.4) is 0 Å². The lowest BCUT2D eigenvalue weighted by atomic mass is 10.1. The van der Waals surface area contributed by atoms with E-state index in [4.69, 9.17) is 0 Å². The van der Waals surface area contributed by atoms with Gasteiger partial charge in [-0.2, -0.15) is 10.3 Å². The number of H-pyrrole nitrogens is 1. The van der Waals surface area contributed by atoms with Crippen molar-refractivity contribution in [2.45, 2.75) is 24.3 Å². The van der Waals surface area contributed by atoms with Gasteiger partial charge in [-0.1, -0.05) is 6.07 Å². The fourth-order valence-electron chi connectivity index (χ4n) is 2.77. The van der Waals surface area contributed by atoms with Crippen molar-refractivity contribution in [2.24, 2.45) is 0 Å². The molecule has 26 heavy (non-hydrogen) atoms. The van der Waals surface area contributed by atoms with Gasteiger partial charge in [-0.25, -0.2) is 4.79 Å². The van der Waals surface area contributed by atoms with Gasteiger partial charge in [-0.05, 0) is 37.5 Å². The monoisotopic (exact) mass is 374 g/mol. The second-order valence-corrected chi connectivity index (χ2v) is 7.09. The lowest BCUT2D eigenvalue weighted by Crippen LogP contribution is -2.35. The number of rotatable bonds is 6. The Balaban J connectivity index is 1.46. The summed E-state index contributed by atoms with van der Waals surface area (Å²) in [5, 5.41) is 16.5. The maximum Gasteiger partial charge on any atom is 0.319 e. The average molecular weight is 374 g/mol. The molecule has 2 aromatic rings. The van der Waals surface area contributed by atoms with Crippen molar-refractivity contribution in [3.8, 4) is 0 Å². The van der Waals surface area contributed by atoms with Crippen molar-refractivity contribution in [3.05, 3.63) is 36.0 Å². The van der Waals surface area contributed by atoms with Gasteiger partial charge in [0.1, 0.15) is 5.03 Å². The molecule has 0 aliphatic carbocycles. The Bertz CT molecular complexity index is 731. The number of nitrogens with one attached hydrogen (secondary N) is 3. The summed E-state index contributed by atoms with van der Waals surface area (Å²) in [6, 6.07) is 6.77. The molecule has 3 N–H and O–H groups in total. The van der Waals surface area contributed by atoms with Crippen LogP contribution in [0.4, 0.5) is 10.5 Å². The van der Waals surface area contributed by atoms with Crippen LogP contribution in [0, 0.1) is 0 Å². The molecule has 3 amide bonds. The summed E-state index contributed by atoms with van der Waals surface area (Å²) in [6.07, 6.45) is 4.92. The first-order valence-electron chi connectivity index (χ1n) is 8.65. The molecule has 1 fully saturated rings. The lowest BCUT2D eigenvalue weighted by Gasteiger charge is -2.26. The number of urea groups is 1. The van der Waals surface area contributed by atoms with E-state index in [0.717, 1.165) is 31.0 Å². The molecule has 1 saturated heterocycles. The lowest BCUT2D eigenvalue weighted by molar-refractivity contribution is 0.0724. The highest BCUT2D eigenvalue weighted by molar-refractivity contribution is 7.99. The van der Waals surface area contributed by atoms with Crippen molar-refractivity contribution >= 4 is 29.4 Å². The van der Waals surface area contributed by atoms with Crippen molar-refractivity contribution in [2.75, 3.05) is 30.7 Å². The fraction of sp³-hybridized carbons (Fsp3) is 0.412. The van der Waals surface area contributed by atoms with E-state index < -0.39 is 0 Å². The number of anilines is 1. The topological polar surface area (TPSA) is 103 Å². The van der Waals surface area contributed by atoms with Gasteiger partial charge in [0.15, 0.2) is 0 Å². The number of likely N-dealkylation sites (tertiary alicyclic amines) is 1. The van der Waals surface area contributed by atoms with Gasteiger partial charge in [0.25, 0.3) is 5.91 Å². The van der Waals surface area contributed by atoms with Crippen LogP contribution in [0.2, 0.25) is 0 Å². The van der Waals surface area contributed by atoms with Crippen molar-refractivity contribution in [3.63, 3.8) is 0 Å². The Morgan fingerprint density at radius 2 is 2.08 bits per heavy atom. The van der Waals surface area contributed by atoms with E-state index in [2.05, 4.69) is 26.0 Å². The van der Waals surface area contributed by atoms with Gasteiger partial charge in [-0.15, -0.1) is 16.9 Å². The van der Waals surface area contributed by atoms with Crippen LogP contribution in [0.5, 0.6) is 0 Å². The molecule has 0 unspecified atom stereocenters. The molecule has 0 saturated carbocycles. The molecule has 0 radical (unpaired) electrons. The van der Waals surface area contributed by atoms with Gasteiger partial charge in [0.2, 0.25) is 0 Å². The Kier molecular flexibility index (Phi) is 6.48. The SMILES string of the molecule is O=C(NCCSc1cn[nH]n1)Nc1cccc(C(=O)N2CCCCC2)c1. The van der Waals surface area contributed by atoms with Gasteiger partial charge < -0.3 is 15.5 Å². The van der Waals surface area contributed by atoms with Gasteiger partial charge >= 0.3 is 6.03 Å². The quantitative estimate of drug-likeness (QED) is 0.532. The summed E-state index contributed by atoms with van der Waals surface area (Å²) in [7, 11) is 0. The molecule has 8 nitrogen and oxygen atoms in total. The highest BCUT2D eigenvalue weighted by atomic mass is 32.2. The van der Waals surface area contributed by atoms with Crippen molar-refractivity contribution < 1.29 is 9.59 Å². The third-order valence-electron chi connectivity index (χ3n) is 4.04. The standard InChI is InChI=1S/C17H22N6O2S/c24-16(23-8-2-1-3-9-23)13-5-4-6-14(11-13)20-17(25)18-7-10-26-15-12-19-22-21-15/h4-6,11-12H,1-3,7-10H2,(H2,18,20,25)(H,19,21,22). The molecule has 0 atom stereocenters. The number of carbonyl (C=O) groups excluding carboxylic acids is 2. The van der Waals surface area contributed by atoms with E-state index in [9.17, 15) is 9.59 Å². The van der Waals surface area contributed by atoms with E-state index in [0.29, 0.717) is 23.5 Å². The second kappa shape index (κ2) is 9.23. The third-order valence-corrected chi connectivity index (χ3v) is 4.94. The number of piperidine rings is 1. The third kappa shape index (κ3) is 5.22. The number of thioether (sulfide) groups is 1. The first kappa shape index (κ1) is 18.2. The van der Waals surface area contributed by atoms with E-state index in [1.165, 1.54) is 18.2 Å². The molecule has 3 rings (SSSR count). The molecule has 138 valence electrons. The van der Waals surface area contributed by atoms with E-state index in [-0.39, 0.29) is 11.9 Å². The number of benzene rings is 1. The minimum atomic E-state index is -0.298. The average Bonchev–Trinajstić information content (AvgIpc) is 3.19. The van der Waals surface area contributed by atoms with Gasteiger partial charge in [0.05, 0.1) is 6.20 Å². The highest BCUT2D eigenvalue weighted by Crippen LogP contribution is 2.16. The normalized spacial score (nSPS) is 14.1. The Hall–Kier alpha value is -2.55. The zero-order valence-electron chi connectivity index (χ0n) is 14.4.